The second kappa shape index (κ2) is 6.92. The van der Waals surface area contributed by atoms with E-state index in [1.807, 2.05) is 13.1 Å². The van der Waals surface area contributed by atoms with Crippen LogP contribution in [0.2, 0.25) is 0 Å². The first-order chi connectivity index (χ1) is 7.63. The van der Waals surface area contributed by atoms with Crippen molar-refractivity contribution in [3.63, 3.8) is 0 Å². The van der Waals surface area contributed by atoms with Gasteiger partial charge in [0.2, 0.25) is 0 Å². The molecule has 1 rings (SSSR count). The largest absolute Gasteiger partial charge is 0.490 e. The predicted octanol–water partition coefficient (Wildman–Crippen LogP) is 3.52. The molecule has 0 spiro atoms. The molecule has 3 heteroatoms. The maximum atomic E-state index is 5.87. The highest BCUT2D eigenvalue weighted by molar-refractivity contribution is 9.10. The van der Waals surface area contributed by atoms with Crippen LogP contribution in [0, 0.1) is 6.92 Å². The van der Waals surface area contributed by atoms with E-state index in [9.17, 15) is 0 Å². The highest BCUT2D eigenvalue weighted by atomic mass is 79.9. The molecule has 0 aliphatic rings. The normalized spacial score (nSPS) is 12.5. The molecular weight excluding hydrogens is 266 g/mol. The van der Waals surface area contributed by atoms with Gasteiger partial charge in [-0.2, -0.15) is 0 Å². The Morgan fingerprint density at radius 3 is 2.81 bits per heavy atom. The van der Waals surface area contributed by atoms with Crippen LogP contribution >= 0.6 is 15.9 Å². The zero-order chi connectivity index (χ0) is 12.0. The molecule has 1 N–H and O–H groups in total. The van der Waals surface area contributed by atoms with Crippen LogP contribution in [-0.4, -0.2) is 19.7 Å². The first-order valence-corrected chi connectivity index (χ1v) is 6.50. The maximum absolute atomic E-state index is 5.87. The Bertz CT molecular complexity index is 328. The van der Waals surface area contributed by atoms with Crippen LogP contribution in [0.4, 0.5) is 0 Å². The third kappa shape index (κ3) is 4.54. The van der Waals surface area contributed by atoms with Gasteiger partial charge in [0.25, 0.3) is 0 Å². The first kappa shape index (κ1) is 13.5. The number of aryl methyl sites for hydroxylation is 1. The molecule has 90 valence electrons. The minimum Gasteiger partial charge on any atom is -0.490 e. The summed E-state index contributed by atoms with van der Waals surface area (Å²) < 4.78 is 6.91. The molecular formula is C13H20BrNO. The van der Waals surface area contributed by atoms with Crippen molar-refractivity contribution in [3.8, 4) is 5.75 Å². The van der Waals surface area contributed by atoms with Gasteiger partial charge in [0.15, 0.2) is 0 Å². The molecule has 0 heterocycles. The van der Waals surface area contributed by atoms with Crippen LogP contribution in [0.3, 0.4) is 0 Å². The zero-order valence-electron chi connectivity index (χ0n) is 10.2. The van der Waals surface area contributed by atoms with Gasteiger partial charge in [-0.05, 0) is 73.9 Å². The fraction of sp³-hybridized carbons (Fsp3) is 0.538. The lowest BCUT2D eigenvalue weighted by Gasteiger charge is -2.16. The molecule has 0 aliphatic carbocycles. The van der Waals surface area contributed by atoms with Crippen molar-refractivity contribution in [1.29, 1.82) is 0 Å². The Balaban J connectivity index is 2.46. The van der Waals surface area contributed by atoms with Crippen LogP contribution in [0.25, 0.3) is 0 Å². The summed E-state index contributed by atoms with van der Waals surface area (Å²) in [5.41, 5.74) is 1.24. The summed E-state index contributed by atoms with van der Waals surface area (Å²) in [6, 6.07) is 6.17. The second-order valence-corrected chi connectivity index (χ2v) is 4.96. The lowest BCUT2D eigenvalue weighted by atomic mass is 10.2. The smallest absolute Gasteiger partial charge is 0.133 e. The Kier molecular flexibility index (Phi) is 5.85. The Hall–Kier alpha value is -0.540. The molecule has 0 saturated carbocycles. The number of rotatable bonds is 6. The van der Waals surface area contributed by atoms with Crippen molar-refractivity contribution in [1.82, 2.24) is 5.32 Å². The standard InChI is InChI=1S/C13H20BrNO/c1-10-6-7-13(12(14)9-10)16-11(2)5-4-8-15-3/h6-7,9,11,15H,4-5,8H2,1-3H3. The van der Waals surface area contributed by atoms with E-state index in [0.717, 1.165) is 29.6 Å². The number of hydrogen-bond acceptors (Lipinski definition) is 2. The molecule has 1 atom stereocenters. The average molecular weight is 286 g/mol. The van der Waals surface area contributed by atoms with E-state index in [2.05, 4.69) is 47.2 Å². The van der Waals surface area contributed by atoms with Gasteiger partial charge in [-0.25, -0.2) is 0 Å². The summed E-state index contributed by atoms with van der Waals surface area (Å²) in [5, 5.41) is 3.14. The highest BCUT2D eigenvalue weighted by Crippen LogP contribution is 2.27. The van der Waals surface area contributed by atoms with Gasteiger partial charge in [0.05, 0.1) is 10.6 Å². The summed E-state index contributed by atoms with van der Waals surface area (Å²) in [6.07, 6.45) is 2.47. The predicted molar refractivity (Wildman–Crippen MR) is 72.1 cm³/mol. The Morgan fingerprint density at radius 1 is 1.44 bits per heavy atom. The molecule has 0 aromatic heterocycles. The summed E-state index contributed by atoms with van der Waals surface area (Å²) >= 11 is 3.52. The Labute approximate surface area is 107 Å². The van der Waals surface area contributed by atoms with Gasteiger partial charge < -0.3 is 10.1 Å². The fourth-order valence-electron chi connectivity index (χ4n) is 1.54. The van der Waals surface area contributed by atoms with Crippen LogP contribution in [-0.2, 0) is 0 Å². The molecule has 16 heavy (non-hydrogen) atoms. The second-order valence-electron chi connectivity index (χ2n) is 4.11. The van der Waals surface area contributed by atoms with E-state index in [1.165, 1.54) is 5.56 Å². The quantitative estimate of drug-likeness (QED) is 0.808. The third-order valence-electron chi connectivity index (χ3n) is 2.45. The van der Waals surface area contributed by atoms with E-state index in [1.54, 1.807) is 0 Å². The van der Waals surface area contributed by atoms with E-state index >= 15 is 0 Å². The van der Waals surface area contributed by atoms with Crippen LogP contribution in [0.15, 0.2) is 22.7 Å². The first-order valence-electron chi connectivity index (χ1n) is 5.71. The summed E-state index contributed by atoms with van der Waals surface area (Å²) in [6.45, 7) is 5.23. The van der Waals surface area contributed by atoms with E-state index < -0.39 is 0 Å². The average Bonchev–Trinajstić information content (AvgIpc) is 2.23. The van der Waals surface area contributed by atoms with Crippen molar-refractivity contribution in [2.24, 2.45) is 0 Å². The molecule has 1 aromatic carbocycles. The SMILES string of the molecule is CNCCCC(C)Oc1ccc(C)cc1Br. The number of ether oxygens (including phenoxy) is 1. The molecule has 0 bridgehead atoms. The number of hydrogen-bond donors (Lipinski definition) is 1. The molecule has 0 saturated heterocycles. The van der Waals surface area contributed by atoms with Gasteiger partial charge >= 0.3 is 0 Å². The fourth-order valence-corrected chi connectivity index (χ4v) is 2.13. The van der Waals surface area contributed by atoms with E-state index in [4.69, 9.17) is 4.74 Å². The van der Waals surface area contributed by atoms with Crippen molar-refractivity contribution in [2.45, 2.75) is 32.8 Å². The summed E-state index contributed by atoms with van der Waals surface area (Å²) in [7, 11) is 1.97. The van der Waals surface area contributed by atoms with E-state index in [0.29, 0.717) is 0 Å². The number of benzene rings is 1. The van der Waals surface area contributed by atoms with Gasteiger partial charge in [-0.15, -0.1) is 0 Å². The van der Waals surface area contributed by atoms with Crippen molar-refractivity contribution >= 4 is 15.9 Å². The summed E-state index contributed by atoms with van der Waals surface area (Å²) in [4.78, 5) is 0. The molecule has 1 unspecified atom stereocenters. The van der Waals surface area contributed by atoms with Gasteiger partial charge in [-0.1, -0.05) is 6.07 Å². The lowest BCUT2D eigenvalue weighted by Crippen LogP contribution is -2.15. The van der Waals surface area contributed by atoms with Crippen molar-refractivity contribution in [2.75, 3.05) is 13.6 Å². The van der Waals surface area contributed by atoms with E-state index in [-0.39, 0.29) is 6.10 Å². The Morgan fingerprint density at radius 2 is 2.19 bits per heavy atom. The van der Waals surface area contributed by atoms with Crippen LogP contribution in [0.5, 0.6) is 5.75 Å². The monoisotopic (exact) mass is 285 g/mol. The molecule has 0 aliphatic heterocycles. The highest BCUT2D eigenvalue weighted by Gasteiger charge is 2.06. The van der Waals surface area contributed by atoms with Crippen molar-refractivity contribution < 1.29 is 4.74 Å². The van der Waals surface area contributed by atoms with Crippen LogP contribution in [0.1, 0.15) is 25.3 Å². The van der Waals surface area contributed by atoms with Crippen LogP contribution < -0.4 is 10.1 Å². The number of nitrogens with one attached hydrogen (secondary N) is 1. The minimum absolute atomic E-state index is 0.257. The third-order valence-corrected chi connectivity index (χ3v) is 3.07. The minimum atomic E-state index is 0.257. The topological polar surface area (TPSA) is 21.3 Å². The lowest BCUT2D eigenvalue weighted by molar-refractivity contribution is 0.206. The van der Waals surface area contributed by atoms with Gasteiger partial charge in [0.1, 0.15) is 5.75 Å². The molecule has 0 radical (unpaired) electrons. The molecule has 0 amide bonds. The molecule has 2 nitrogen and oxygen atoms in total. The van der Waals surface area contributed by atoms with Crippen molar-refractivity contribution in [3.05, 3.63) is 28.2 Å². The van der Waals surface area contributed by atoms with Gasteiger partial charge in [-0.3, -0.25) is 0 Å². The molecule has 1 aromatic rings. The maximum Gasteiger partial charge on any atom is 0.133 e. The molecule has 0 fully saturated rings. The van der Waals surface area contributed by atoms with Gasteiger partial charge in [0, 0.05) is 0 Å². The zero-order valence-corrected chi connectivity index (χ0v) is 11.8. The number of halogens is 1. The summed E-state index contributed by atoms with van der Waals surface area (Å²) in [5.74, 6) is 0.933.